The Hall–Kier alpha value is -0.350. The van der Waals surface area contributed by atoms with Gasteiger partial charge in [0.2, 0.25) is 0 Å². The summed E-state index contributed by atoms with van der Waals surface area (Å²) in [5, 5.41) is 12.8. The Morgan fingerprint density at radius 3 is 2.41 bits per heavy atom. The summed E-state index contributed by atoms with van der Waals surface area (Å²) in [5.74, 6) is 0. The van der Waals surface area contributed by atoms with Gasteiger partial charge in [0.1, 0.15) is 6.10 Å². The molecule has 4 heteroatoms. The van der Waals surface area contributed by atoms with Gasteiger partial charge in [-0.25, -0.2) is 0 Å². The molecular formula is C13H15ClOS2. The highest BCUT2D eigenvalue weighted by Crippen LogP contribution is 2.38. The van der Waals surface area contributed by atoms with Crippen molar-refractivity contribution in [1.29, 1.82) is 0 Å². The van der Waals surface area contributed by atoms with Crippen LogP contribution >= 0.6 is 34.3 Å². The molecule has 1 N–H and O–H groups in total. The van der Waals surface area contributed by atoms with Gasteiger partial charge in [-0.05, 0) is 29.0 Å². The molecule has 1 nitrogen and oxygen atoms in total. The van der Waals surface area contributed by atoms with Crippen molar-refractivity contribution in [3.8, 4) is 0 Å². The normalized spacial score (nSPS) is 13.9. The van der Waals surface area contributed by atoms with Gasteiger partial charge in [-0.15, -0.1) is 22.7 Å². The number of thiophene rings is 2. The average Bonchev–Trinajstić information content (AvgIpc) is 2.83. The molecule has 0 saturated carbocycles. The molecule has 2 rings (SSSR count). The number of rotatable bonds is 2. The molecule has 0 aliphatic carbocycles. The van der Waals surface area contributed by atoms with E-state index >= 15 is 0 Å². The first-order chi connectivity index (χ1) is 7.89. The van der Waals surface area contributed by atoms with Gasteiger partial charge in [0.15, 0.2) is 0 Å². The zero-order valence-corrected chi connectivity index (χ0v) is 12.4. The number of halogens is 1. The third kappa shape index (κ3) is 2.74. The Labute approximate surface area is 115 Å². The van der Waals surface area contributed by atoms with Crippen LogP contribution < -0.4 is 0 Å². The van der Waals surface area contributed by atoms with Gasteiger partial charge >= 0.3 is 0 Å². The lowest BCUT2D eigenvalue weighted by Crippen LogP contribution is -2.07. The van der Waals surface area contributed by atoms with Crippen molar-refractivity contribution in [3.05, 3.63) is 43.2 Å². The smallest absolute Gasteiger partial charge is 0.124 e. The zero-order valence-electron chi connectivity index (χ0n) is 10.0. The standard InChI is InChI=1S/C13H15ClOS2/c1-13(2,3)10-5-4-9(17-10)11(15)12-8(14)6-7-16-12/h4-7,11,15H,1-3H3. The molecule has 0 radical (unpaired) electrons. The molecule has 0 aliphatic rings. The summed E-state index contributed by atoms with van der Waals surface area (Å²) in [4.78, 5) is 3.06. The largest absolute Gasteiger partial charge is 0.382 e. The van der Waals surface area contributed by atoms with Gasteiger partial charge in [-0.2, -0.15) is 0 Å². The third-order valence-electron chi connectivity index (χ3n) is 2.53. The zero-order chi connectivity index (χ0) is 12.6. The van der Waals surface area contributed by atoms with Gasteiger partial charge in [-0.1, -0.05) is 32.4 Å². The minimum Gasteiger partial charge on any atom is -0.382 e. The molecule has 2 aromatic heterocycles. The van der Waals surface area contributed by atoms with Gasteiger partial charge in [0.05, 0.1) is 9.90 Å². The fraction of sp³-hybridized carbons (Fsp3) is 0.385. The van der Waals surface area contributed by atoms with Gasteiger partial charge in [0, 0.05) is 9.75 Å². The van der Waals surface area contributed by atoms with E-state index in [1.165, 1.54) is 16.2 Å². The first kappa shape index (κ1) is 13.1. The fourth-order valence-corrected chi connectivity index (χ4v) is 3.83. The van der Waals surface area contributed by atoms with Crippen LogP contribution in [0.25, 0.3) is 0 Å². The molecule has 1 atom stereocenters. The van der Waals surface area contributed by atoms with Crippen LogP contribution in [0.5, 0.6) is 0 Å². The molecule has 0 bridgehead atoms. The molecule has 0 aliphatic heterocycles. The number of hydrogen-bond acceptors (Lipinski definition) is 3. The van der Waals surface area contributed by atoms with Crippen molar-refractivity contribution >= 4 is 34.3 Å². The number of hydrogen-bond donors (Lipinski definition) is 1. The minimum absolute atomic E-state index is 0.127. The van der Waals surface area contributed by atoms with Crippen molar-refractivity contribution in [2.75, 3.05) is 0 Å². The van der Waals surface area contributed by atoms with Crippen LogP contribution in [0.2, 0.25) is 5.02 Å². The Morgan fingerprint density at radius 2 is 1.94 bits per heavy atom. The van der Waals surface area contributed by atoms with Crippen molar-refractivity contribution in [2.45, 2.75) is 32.3 Å². The van der Waals surface area contributed by atoms with Crippen molar-refractivity contribution < 1.29 is 5.11 Å². The van der Waals surface area contributed by atoms with E-state index in [9.17, 15) is 5.11 Å². The molecule has 2 aromatic rings. The van der Waals surface area contributed by atoms with E-state index in [0.717, 1.165) is 9.75 Å². The summed E-state index contributed by atoms with van der Waals surface area (Å²) in [6.45, 7) is 6.52. The van der Waals surface area contributed by atoms with Crippen LogP contribution in [0.1, 0.15) is 41.5 Å². The second-order valence-corrected chi connectivity index (χ2v) is 7.46. The molecule has 92 valence electrons. The number of aliphatic hydroxyl groups excluding tert-OH is 1. The highest BCUT2D eigenvalue weighted by Gasteiger charge is 2.21. The van der Waals surface area contributed by atoms with Crippen LogP contribution in [0.15, 0.2) is 23.6 Å². The predicted molar refractivity (Wildman–Crippen MR) is 76.4 cm³/mol. The predicted octanol–water partition coefficient (Wildman–Crippen LogP) is 4.84. The topological polar surface area (TPSA) is 20.2 Å². The lowest BCUT2D eigenvalue weighted by atomic mass is 9.95. The van der Waals surface area contributed by atoms with E-state index in [4.69, 9.17) is 11.6 Å². The van der Waals surface area contributed by atoms with E-state index in [0.29, 0.717) is 5.02 Å². The number of aliphatic hydroxyl groups is 1. The molecule has 0 aromatic carbocycles. The molecule has 0 fully saturated rings. The summed E-state index contributed by atoms with van der Waals surface area (Å²) < 4.78 is 0. The first-order valence-corrected chi connectivity index (χ1v) is 7.48. The second kappa shape index (κ2) is 4.73. The highest BCUT2D eigenvalue weighted by molar-refractivity contribution is 7.13. The summed E-state index contributed by atoms with van der Waals surface area (Å²) in [7, 11) is 0. The molecule has 0 spiro atoms. The summed E-state index contributed by atoms with van der Waals surface area (Å²) in [6, 6.07) is 5.90. The SMILES string of the molecule is CC(C)(C)c1ccc(C(O)c2sccc2Cl)s1. The monoisotopic (exact) mass is 286 g/mol. The van der Waals surface area contributed by atoms with Crippen LogP contribution in [0.3, 0.4) is 0 Å². The first-order valence-electron chi connectivity index (χ1n) is 5.41. The van der Waals surface area contributed by atoms with Crippen LogP contribution in [0.4, 0.5) is 0 Å². The summed E-state index contributed by atoms with van der Waals surface area (Å²) in [5.41, 5.74) is 0.127. The molecule has 2 heterocycles. The highest BCUT2D eigenvalue weighted by atomic mass is 35.5. The Morgan fingerprint density at radius 1 is 1.24 bits per heavy atom. The van der Waals surface area contributed by atoms with Crippen molar-refractivity contribution in [1.82, 2.24) is 0 Å². The van der Waals surface area contributed by atoms with Crippen LogP contribution in [-0.2, 0) is 5.41 Å². The Bertz CT molecular complexity index is 507. The maximum absolute atomic E-state index is 10.3. The van der Waals surface area contributed by atoms with E-state index in [-0.39, 0.29) is 5.41 Å². The third-order valence-corrected chi connectivity index (χ3v) is 5.50. The molecule has 1 unspecified atom stereocenters. The molecule has 0 amide bonds. The molecule has 17 heavy (non-hydrogen) atoms. The van der Waals surface area contributed by atoms with Crippen molar-refractivity contribution in [3.63, 3.8) is 0 Å². The fourth-order valence-electron chi connectivity index (χ4n) is 1.53. The van der Waals surface area contributed by atoms with E-state index in [1.54, 1.807) is 11.3 Å². The lowest BCUT2D eigenvalue weighted by molar-refractivity contribution is 0.228. The Balaban J connectivity index is 2.30. The lowest BCUT2D eigenvalue weighted by Gasteiger charge is -2.15. The maximum Gasteiger partial charge on any atom is 0.124 e. The Kier molecular flexibility index (Phi) is 3.64. The van der Waals surface area contributed by atoms with E-state index in [1.807, 2.05) is 17.5 Å². The van der Waals surface area contributed by atoms with Crippen molar-refractivity contribution in [2.24, 2.45) is 0 Å². The molecule has 0 saturated heterocycles. The van der Waals surface area contributed by atoms with Crippen LogP contribution in [-0.4, -0.2) is 5.11 Å². The van der Waals surface area contributed by atoms with Crippen LogP contribution in [0, 0.1) is 0 Å². The summed E-state index contributed by atoms with van der Waals surface area (Å²) >= 11 is 9.18. The van der Waals surface area contributed by atoms with Gasteiger partial charge < -0.3 is 5.11 Å². The summed E-state index contributed by atoms with van der Waals surface area (Å²) in [6.07, 6.45) is -0.594. The average molecular weight is 287 g/mol. The minimum atomic E-state index is -0.594. The molecular weight excluding hydrogens is 272 g/mol. The van der Waals surface area contributed by atoms with E-state index < -0.39 is 6.10 Å². The van der Waals surface area contributed by atoms with Gasteiger partial charge in [0.25, 0.3) is 0 Å². The quantitative estimate of drug-likeness (QED) is 0.837. The second-order valence-electron chi connectivity index (χ2n) is 4.99. The van der Waals surface area contributed by atoms with E-state index in [2.05, 4.69) is 26.8 Å². The van der Waals surface area contributed by atoms with Gasteiger partial charge in [-0.3, -0.25) is 0 Å². The maximum atomic E-state index is 10.3.